The van der Waals surface area contributed by atoms with E-state index in [4.69, 9.17) is 9.72 Å². The van der Waals surface area contributed by atoms with Gasteiger partial charge in [0, 0.05) is 6.42 Å². The van der Waals surface area contributed by atoms with Crippen molar-refractivity contribution in [1.82, 2.24) is 9.55 Å². The molecule has 0 amide bonds. The highest BCUT2D eigenvalue weighted by molar-refractivity contribution is 5.81. The van der Waals surface area contributed by atoms with Crippen molar-refractivity contribution in [2.75, 3.05) is 0 Å². The van der Waals surface area contributed by atoms with E-state index < -0.39 is 0 Å². The lowest BCUT2D eigenvalue weighted by Gasteiger charge is -2.37. The van der Waals surface area contributed by atoms with Gasteiger partial charge in [0.2, 0.25) is 0 Å². The van der Waals surface area contributed by atoms with E-state index in [1.54, 1.807) is 0 Å². The van der Waals surface area contributed by atoms with Gasteiger partial charge in [-0.25, -0.2) is 9.78 Å². The van der Waals surface area contributed by atoms with Gasteiger partial charge in [-0.05, 0) is 49.7 Å². The third-order valence-corrected chi connectivity index (χ3v) is 5.94. The van der Waals surface area contributed by atoms with E-state index in [2.05, 4.69) is 27.7 Å². The van der Waals surface area contributed by atoms with Gasteiger partial charge < -0.3 is 9.30 Å². The molecule has 0 saturated heterocycles. The highest BCUT2D eigenvalue weighted by atomic mass is 16.5. The molecule has 0 spiro atoms. The van der Waals surface area contributed by atoms with E-state index in [1.807, 2.05) is 35.8 Å². The summed E-state index contributed by atoms with van der Waals surface area (Å²) in [5.74, 6) is 2.43. The maximum atomic E-state index is 13.0. The number of aromatic nitrogens is 2. The maximum Gasteiger partial charge on any atom is 0.329 e. The van der Waals surface area contributed by atoms with Crippen LogP contribution in [0.15, 0.2) is 24.3 Å². The molecule has 0 radical (unpaired) electrons. The molecule has 142 valence electrons. The van der Waals surface area contributed by atoms with Gasteiger partial charge in [0.1, 0.15) is 18.0 Å². The van der Waals surface area contributed by atoms with E-state index in [-0.39, 0.29) is 18.1 Å². The average molecular weight is 357 g/mol. The summed E-state index contributed by atoms with van der Waals surface area (Å²) in [7, 11) is 0. The molecule has 3 rings (SSSR count). The number of nitrogens with zero attached hydrogens (tertiary/aromatic N) is 2. The van der Waals surface area contributed by atoms with Gasteiger partial charge in [-0.15, -0.1) is 0 Å². The number of fused-ring (bicyclic) bond motifs is 1. The van der Waals surface area contributed by atoms with Crippen molar-refractivity contribution in [2.45, 2.75) is 72.4 Å². The van der Waals surface area contributed by atoms with Crippen molar-refractivity contribution < 1.29 is 9.53 Å². The number of para-hydroxylation sites is 2. The average Bonchev–Trinajstić information content (AvgIpc) is 2.99. The minimum atomic E-state index is -0.359. The Bertz CT molecular complexity index is 765. The number of imidazole rings is 1. The zero-order chi connectivity index (χ0) is 18.8. The second kappa shape index (κ2) is 7.81. The molecule has 1 unspecified atom stereocenters. The van der Waals surface area contributed by atoms with Gasteiger partial charge in [0.15, 0.2) is 0 Å². The van der Waals surface area contributed by atoms with Gasteiger partial charge in [-0.1, -0.05) is 46.2 Å². The lowest BCUT2D eigenvalue weighted by Crippen LogP contribution is -2.37. The minimum absolute atomic E-state index is 0.0357. The molecule has 4 atom stereocenters. The van der Waals surface area contributed by atoms with Crippen LogP contribution >= 0.6 is 0 Å². The predicted molar refractivity (Wildman–Crippen MR) is 105 cm³/mol. The Kier molecular flexibility index (Phi) is 5.69. The molecule has 0 N–H and O–H groups in total. The summed E-state index contributed by atoms with van der Waals surface area (Å²) in [6.45, 7) is 10.8. The minimum Gasteiger partial charge on any atom is -0.461 e. The number of benzene rings is 1. The first-order chi connectivity index (χ1) is 12.4. The first kappa shape index (κ1) is 18.9. The summed E-state index contributed by atoms with van der Waals surface area (Å²) < 4.78 is 8.13. The largest absolute Gasteiger partial charge is 0.461 e. The second-order valence-electron chi connectivity index (χ2n) is 8.22. The molecule has 1 fully saturated rings. The van der Waals surface area contributed by atoms with Crippen LogP contribution in [0.3, 0.4) is 0 Å². The maximum absolute atomic E-state index is 13.0. The molecule has 4 nitrogen and oxygen atoms in total. The number of carbonyl (C=O) groups is 1. The van der Waals surface area contributed by atoms with Crippen molar-refractivity contribution in [3.05, 3.63) is 30.1 Å². The number of carbonyl (C=O) groups excluding carboxylic acids is 1. The monoisotopic (exact) mass is 356 g/mol. The fourth-order valence-corrected chi connectivity index (χ4v) is 4.38. The van der Waals surface area contributed by atoms with Crippen molar-refractivity contribution in [2.24, 2.45) is 17.8 Å². The number of rotatable bonds is 5. The summed E-state index contributed by atoms with van der Waals surface area (Å²) >= 11 is 0. The molecular formula is C22H32N2O2. The zero-order valence-electron chi connectivity index (χ0n) is 16.7. The quantitative estimate of drug-likeness (QED) is 0.695. The highest BCUT2D eigenvalue weighted by Crippen LogP contribution is 2.36. The van der Waals surface area contributed by atoms with Crippen LogP contribution in [-0.4, -0.2) is 21.6 Å². The van der Waals surface area contributed by atoms with Gasteiger partial charge in [-0.3, -0.25) is 0 Å². The lowest BCUT2D eigenvalue weighted by molar-refractivity contribution is -0.159. The van der Waals surface area contributed by atoms with E-state index in [1.165, 1.54) is 6.42 Å². The van der Waals surface area contributed by atoms with Crippen LogP contribution in [0.1, 0.15) is 65.7 Å². The first-order valence-corrected chi connectivity index (χ1v) is 10.1. The smallest absolute Gasteiger partial charge is 0.329 e. The van der Waals surface area contributed by atoms with Crippen molar-refractivity contribution in [3.63, 3.8) is 0 Å². The zero-order valence-corrected chi connectivity index (χ0v) is 16.7. The molecule has 0 bridgehead atoms. The molecule has 1 aromatic heterocycles. The summed E-state index contributed by atoms with van der Waals surface area (Å²) in [6, 6.07) is 7.65. The van der Waals surface area contributed by atoms with Crippen molar-refractivity contribution >= 4 is 17.0 Å². The second-order valence-corrected chi connectivity index (χ2v) is 8.22. The molecule has 0 aliphatic heterocycles. The SMILES string of the molecule is CCc1nc2ccccc2n1[C@H](C)C(=O)OC1C[C@H](C)CC[C@H]1C(C)C. The van der Waals surface area contributed by atoms with E-state index in [0.29, 0.717) is 17.8 Å². The molecule has 1 saturated carbocycles. The summed E-state index contributed by atoms with van der Waals surface area (Å²) in [5, 5.41) is 0. The van der Waals surface area contributed by atoms with Crippen LogP contribution in [0.25, 0.3) is 11.0 Å². The third-order valence-electron chi connectivity index (χ3n) is 5.94. The van der Waals surface area contributed by atoms with E-state index >= 15 is 0 Å². The number of aryl methyl sites for hydroxylation is 1. The van der Waals surface area contributed by atoms with Gasteiger partial charge in [0.05, 0.1) is 11.0 Å². The van der Waals surface area contributed by atoms with Gasteiger partial charge in [-0.2, -0.15) is 0 Å². The Hall–Kier alpha value is -1.84. The number of hydrogen-bond donors (Lipinski definition) is 0. The highest BCUT2D eigenvalue weighted by Gasteiger charge is 2.35. The van der Waals surface area contributed by atoms with Crippen LogP contribution in [-0.2, 0) is 16.0 Å². The Labute approximate surface area is 156 Å². The first-order valence-electron chi connectivity index (χ1n) is 10.1. The topological polar surface area (TPSA) is 44.1 Å². The lowest BCUT2D eigenvalue weighted by atomic mass is 9.75. The summed E-state index contributed by atoms with van der Waals surface area (Å²) in [4.78, 5) is 17.7. The Balaban J connectivity index is 1.83. The van der Waals surface area contributed by atoms with Gasteiger partial charge in [0.25, 0.3) is 0 Å². The van der Waals surface area contributed by atoms with Crippen molar-refractivity contribution in [3.8, 4) is 0 Å². The van der Waals surface area contributed by atoms with Crippen LogP contribution in [0.4, 0.5) is 0 Å². The molecule has 1 aromatic carbocycles. The molecule has 1 aliphatic rings. The van der Waals surface area contributed by atoms with E-state index in [0.717, 1.165) is 36.1 Å². The number of hydrogen-bond acceptors (Lipinski definition) is 3. The fraction of sp³-hybridized carbons (Fsp3) is 0.636. The normalized spacial score (nSPS) is 24.8. The van der Waals surface area contributed by atoms with Crippen LogP contribution in [0, 0.1) is 17.8 Å². The van der Waals surface area contributed by atoms with Crippen LogP contribution in [0.2, 0.25) is 0 Å². The molecule has 1 heterocycles. The Morgan fingerprint density at radius 3 is 2.69 bits per heavy atom. The number of ether oxygens (including phenoxy) is 1. The molecule has 4 heteroatoms. The fourth-order valence-electron chi connectivity index (χ4n) is 4.38. The summed E-state index contributed by atoms with van der Waals surface area (Å²) in [5.41, 5.74) is 1.95. The molecular weight excluding hydrogens is 324 g/mol. The number of esters is 1. The van der Waals surface area contributed by atoms with Gasteiger partial charge >= 0.3 is 5.97 Å². The van der Waals surface area contributed by atoms with Crippen LogP contribution < -0.4 is 0 Å². The Morgan fingerprint density at radius 2 is 2.00 bits per heavy atom. The third kappa shape index (κ3) is 3.65. The van der Waals surface area contributed by atoms with Crippen LogP contribution in [0.5, 0.6) is 0 Å². The Morgan fingerprint density at radius 1 is 1.27 bits per heavy atom. The van der Waals surface area contributed by atoms with Crippen molar-refractivity contribution in [1.29, 1.82) is 0 Å². The standard InChI is InChI=1S/C22H32N2O2/c1-6-21-23-18-9-7-8-10-19(18)24(21)16(5)22(25)26-20-13-15(4)11-12-17(20)14(2)3/h7-10,14-17,20H,6,11-13H2,1-5H3/t15-,16-,17+,20?/m1/s1. The predicted octanol–water partition coefficient (Wildman–Crippen LogP) is 5.16. The molecule has 1 aliphatic carbocycles. The molecule has 26 heavy (non-hydrogen) atoms. The van der Waals surface area contributed by atoms with E-state index in [9.17, 15) is 4.79 Å². The summed E-state index contributed by atoms with van der Waals surface area (Å²) in [6.07, 6.45) is 4.19. The molecule has 2 aromatic rings.